The first-order chi connectivity index (χ1) is 24.0. The Kier molecular flexibility index (Phi) is 12.4. The maximum atomic E-state index is 12.9. The Hall–Kier alpha value is -3.76. The molecule has 3 fully saturated rings. The highest BCUT2D eigenvalue weighted by molar-refractivity contribution is 5.91. The molecule has 49 heavy (non-hydrogen) atoms. The van der Waals surface area contributed by atoms with Gasteiger partial charge in [0.2, 0.25) is 5.91 Å². The van der Waals surface area contributed by atoms with Crippen molar-refractivity contribution < 1.29 is 28.5 Å². The Morgan fingerprint density at radius 3 is 2.22 bits per heavy atom. The summed E-state index contributed by atoms with van der Waals surface area (Å²) in [6.45, 7) is 5.22. The van der Waals surface area contributed by atoms with Crippen LogP contribution in [0.15, 0.2) is 78.9 Å². The number of likely N-dealkylation sites (tertiary alicyclic amines) is 1. The first-order valence-corrected chi connectivity index (χ1v) is 17.8. The van der Waals surface area contributed by atoms with Crippen LogP contribution in [-0.2, 0) is 36.7 Å². The number of hydrogen-bond donors (Lipinski definition) is 1. The maximum absolute atomic E-state index is 12.9. The van der Waals surface area contributed by atoms with Gasteiger partial charge < -0.3 is 23.8 Å². The van der Waals surface area contributed by atoms with Crippen LogP contribution in [0.1, 0.15) is 43.2 Å². The summed E-state index contributed by atoms with van der Waals surface area (Å²) in [6.07, 6.45) is 4.57. The van der Waals surface area contributed by atoms with Gasteiger partial charge in [-0.05, 0) is 72.6 Å². The van der Waals surface area contributed by atoms with E-state index in [0.29, 0.717) is 43.9 Å². The van der Waals surface area contributed by atoms with Crippen LogP contribution in [0.25, 0.3) is 11.1 Å². The fourth-order valence-corrected chi connectivity index (χ4v) is 7.31. The van der Waals surface area contributed by atoms with E-state index in [0.717, 1.165) is 62.3 Å². The molecule has 3 atom stereocenters. The highest BCUT2D eigenvalue weighted by atomic mass is 16.7. The predicted molar refractivity (Wildman–Crippen MR) is 190 cm³/mol. The van der Waals surface area contributed by atoms with Crippen molar-refractivity contribution in [2.24, 2.45) is 17.8 Å². The number of fused-ring (bicyclic) bond motifs is 1. The fourth-order valence-electron chi connectivity index (χ4n) is 7.31. The summed E-state index contributed by atoms with van der Waals surface area (Å²) in [7, 11) is 3.20. The van der Waals surface area contributed by atoms with Crippen molar-refractivity contribution in [2.75, 3.05) is 58.9 Å². The molecule has 6 rings (SSSR count). The molecule has 1 aliphatic heterocycles. The van der Waals surface area contributed by atoms with Gasteiger partial charge in [0.25, 0.3) is 0 Å². The van der Waals surface area contributed by atoms with Crippen LogP contribution in [-0.4, -0.2) is 87.8 Å². The van der Waals surface area contributed by atoms with Crippen LogP contribution in [0.2, 0.25) is 0 Å². The lowest BCUT2D eigenvalue weighted by molar-refractivity contribution is -0.146. The van der Waals surface area contributed by atoms with E-state index in [1.165, 1.54) is 24.0 Å². The SMILES string of the molecule is COC(CN(CC1CC1)C(=O)CCOCCc1ccc(CN2C[C@H]3CC(OC(=O)Nc4ccccc4-c4ccccc4)C[C@H]3C2)cc1)OC. The third kappa shape index (κ3) is 10.1. The molecule has 9 heteroatoms. The van der Waals surface area contributed by atoms with Crippen LogP contribution in [0.5, 0.6) is 0 Å². The molecule has 2 saturated carbocycles. The Morgan fingerprint density at radius 2 is 1.53 bits per heavy atom. The van der Waals surface area contributed by atoms with E-state index in [-0.39, 0.29) is 18.1 Å². The molecular formula is C40H51N3O6. The topological polar surface area (TPSA) is 89.6 Å². The fraction of sp³-hybridized carbons (Fsp3) is 0.500. The number of hydrogen-bond acceptors (Lipinski definition) is 7. The summed E-state index contributed by atoms with van der Waals surface area (Å²) < 4.78 is 22.4. The summed E-state index contributed by atoms with van der Waals surface area (Å²) in [5.41, 5.74) is 5.34. The van der Waals surface area contributed by atoms with Crippen LogP contribution in [0, 0.1) is 17.8 Å². The molecule has 0 radical (unpaired) electrons. The minimum absolute atomic E-state index is 0.0407. The van der Waals surface area contributed by atoms with Gasteiger partial charge in [-0.2, -0.15) is 0 Å². The third-order valence-corrected chi connectivity index (χ3v) is 10.2. The lowest BCUT2D eigenvalue weighted by atomic mass is 10.0. The molecule has 0 aromatic heterocycles. The third-order valence-electron chi connectivity index (χ3n) is 10.2. The van der Waals surface area contributed by atoms with Crippen LogP contribution >= 0.6 is 0 Å². The monoisotopic (exact) mass is 669 g/mol. The van der Waals surface area contributed by atoms with Gasteiger partial charge in [-0.3, -0.25) is 15.0 Å². The van der Waals surface area contributed by atoms with Crippen LogP contribution < -0.4 is 5.32 Å². The molecule has 0 bridgehead atoms. The number of amides is 2. The molecule has 2 amide bonds. The van der Waals surface area contributed by atoms with Gasteiger partial charge >= 0.3 is 6.09 Å². The van der Waals surface area contributed by atoms with Gasteiger partial charge in [0, 0.05) is 46.0 Å². The van der Waals surface area contributed by atoms with Crippen LogP contribution in [0.3, 0.4) is 0 Å². The van der Waals surface area contributed by atoms with Gasteiger partial charge in [0.05, 0.1) is 31.9 Å². The quantitative estimate of drug-likeness (QED) is 0.128. The van der Waals surface area contributed by atoms with Gasteiger partial charge in [-0.25, -0.2) is 4.79 Å². The average Bonchev–Trinajstić information content (AvgIpc) is 3.76. The second-order valence-corrected chi connectivity index (χ2v) is 13.8. The minimum Gasteiger partial charge on any atom is -0.446 e. The van der Waals surface area contributed by atoms with E-state index in [1.54, 1.807) is 14.2 Å². The van der Waals surface area contributed by atoms with E-state index < -0.39 is 6.29 Å². The van der Waals surface area contributed by atoms with Gasteiger partial charge in [-0.1, -0.05) is 72.8 Å². The van der Waals surface area contributed by atoms with Crippen molar-refractivity contribution in [1.82, 2.24) is 9.80 Å². The molecule has 0 spiro atoms. The van der Waals surface area contributed by atoms with E-state index in [1.807, 2.05) is 59.5 Å². The lowest BCUT2D eigenvalue weighted by Crippen LogP contribution is -2.40. The van der Waals surface area contributed by atoms with Gasteiger partial charge in [-0.15, -0.1) is 0 Å². The molecular weight excluding hydrogens is 618 g/mol. The highest BCUT2D eigenvalue weighted by Gasteiger charge is 2.42. The van der Waals surface area contributed by atoms with Crippen molar-refractivity contribution in [3.8, 4) is 11.1 Å². The molecule has 3 aromatic rings. The first-order valence-electron chi connectivity index (χ1n) is 17.8. The summed E-state index contributed by atoms with van der Waals surface area (Å²) >= 11 is 0. The molecule has 1 unspecified atom stereocenters. The van der Waals surface area contributed by atoms with Crippen molar-refractivity contribution in [3.05, 3.63) is 90.0 Å². The Balaban J connectivity index is 0.871. The minimum atomic E-state index is -0.404. The summed E-state index contributed by atoms with van der Waals surface area (Å²) in [6, 6.07) is 26.7. The van der Waals surface area contributed by atoms with Gasteiger partial charge in [0.15, 0.2) is 6.29 Å². The number of para-hydroxylation sites is 1. The number of carbonyl (C=O) groups excluding carboxylic acids is 2. The summed E-state index contributed by atoms with van der Waals surface area (Å²) in [5, 5.41) is 2.99. The standard InChI is InChI=1S/C40H51N3O6/c1-46-39(47-2)28-43(25-31-16-17-31)38(44)19-21-48-20-18-29-12-14-30(15-13-29)24-42-26-33-22-35(23-34(33)27-42)49-40(45)41-37-11-7-6-10-36(37)32-8-4-3-5-9-32/h3-15,31,33-35,39H,16-28H2,1-2H3,(H,41,45)/t33-,34+,35?. The number of anilines is 1. The normalized spacial score (nSPS) is 20.3. The molecule has 1 saturated heterocycles. The number of nitrogens with zero attached hydrogens (tertiary/aromatic N) is 2. The number of rotatable bonds is 17. The van der Waals surface area contributed by atoms with Crippen LogP contribution in [0.4, 0.5) is 10.5 Å². The molecule has 3 aromatic carbocycles. The smallest absolute Gasteiger partial charge is 0.411 e. The number of nitrogens with one attached hydrogen (secondary N) is 1. The Labute approximate surface area is 290 Å². The van der Waals surface area contributed by atoms with Crippen molar-refractivity contribution in [2.45, 2.75) is 57.5 Å². The van der Waals surface area contributed by atoms with Crippen molar-refractivity contribution >= 4 is 17.7 Å². The van der Waals surface area contributed by atoms with E-state index in [2.05, 4.69) is 34.5 Å². The Morgan fingerprint density at radius 1 is 0.857 bits per heavy atom. The van der Waals surface area contributed by atoms with E-state index in [9.17, 15) is 9.59 Å². The second kappa shape index (κ2) is 17.3. The molecule has 1 heterocycles. The largest absolute Gasteiger partial charge is 0.446 e. The number of ether oxygens (including phenoxy) is 4. The maximum Gasteiger partial charge on any atom is 0.411 e. The molecule has 9 nitrogen and oxygen atoms in total. The van der Waals surface area contributed by atoms with Crippen molar-refractivity contribution in [1.29, 1.82) is 0 Å². The molecule has 262 valence electrons. The number of benzene rings is 3. The molecule has 3 aliphatic rings. The van der Waals surface area contributed by atoms with Gasteiger partial charge in [0.1, 0.15) is 6.10 Å². The van der Waals surface area contributed by atoms with E-state index >= 15 is 0 Å². The lowest BCUT2D eigenvalue weighted by Gasteiger charge is -2.26. The Bertz CT molecular complexity index is 1480. The second-order valence-electron chi connectivity index (χ2n) is 13.8. The zero-order valence-corrected chi connectivity index (χ0v) is 28.9. The average molecular weight is 670 g/mol. The number of carbonyl (C=O) groups is 2. The zero-order chi connectivity index (χ0) is 34.0. The van der Waals surface area contributed by atoms with Crippen molar-refractivity contribution in [3.63, 3.8) is 0 Å². The summed E-state index contributed by atoms with van der Waals surface area (Å²) in [5.74, 6) is 1.81. The predicted octanol–water partition coefficient (Wildman–Crippen LogP) is 6.62. The molecule has 1 N–H and O–H groups in total. The zero-order valence-electron chi connectivity index (χ0n) is 28.9. The van der Waals surface area contributed by atoms with E-state index in [4.69, 9.17) is 18.9 Å². The summed E-state index contributed by atoms with van der Waals surface area (Å²) in [4.78, 5) is 30.1. The number of methoxy groups -OCH3 is 2. The highest BCUT2D eigenvalue weighted by Crippen LogP contribution is 2.40. The first kappa shape index (κ1) is 35.1. The molecule has 2 aliphatic carbocycles.